The van der Waals surface area contributed by atoms with E-state index < -0.39 is 0 Å². The van der Waals surface area contributed by atoms with Crippen LogP contribution in [0.15, 0.2) is 42.6 Å². The summed E-state index contributed by atoms with van der Waals surface area (Å²) in [6.45, 7) is 0. The van der Waals surface area contributed by atoms with Gasteiger partial charge in [-0.15, -0.1) is 0 Å². The van der Waals surface area contributed by atoms with E-state index >= 15 is 0 Å². The van der Waals surface area contributed by atoms with Gasteiger partial charge in [-0.3, -0.25) is 0 Å². The Morgan fingerprint density at radius 2 is 2.14 bits per heavy atom. The van der Waals surface area contributed by atoms with Crippen molar-refractivity contribution in [3.8, 4) is 17.0 Å². The minimum absolute atomic E-state index is 0.629. The van der Waals surface area contributed by atoms with Gasteiger partial charge in [0.2, 0.25) is 5.88 Å². The normalized spacial score (nSPS) is 9.79. The van der Waals surface area contributed by atoms with Crippen LogP contribution in [-0.2, 0) is 0 Å². The largest absolute Gasteiger partial charge is 0.481 e. The van der Waals surface area contributed by atoms with E-state index in [0.717, 1.165) is 11.1 Å². The maximum atomic E-state index is 4.98. The first-order chi connectivity index (χ1) is 6.90. The van der Waals surface area contributed by atoms with E-state index in [2.05, 4.69) is 11.1 Å². The molecule has 2 aromatic rings. The zero-order valence-electron chi connectivity index (χ0n) is 7.90. The maximum absolute atomic E-state index is 4.98. The van der Waals surface area contributed by atoms with Gasteiger partial charge in [0.15, 0.2) is 0 Å². The van der Waals surface area contributed by atoms with Gasteiger partial charge in [0.25, 0.3) is 0 Å². The van der Waals surface area contributed by atoms with Crippen LogP contribution in [0.1, 0.15) is 0 Å². The van der Waals surface area contributed by atoms with Crippen molar-refractivity contribution in [2.24, 2.45) is 0 Å². The van der Waals surface area contributed by atoms with Gasteiger partial charge in [0, 0.05) is 17.8 Å². The van der Waals surface area contributed by atoms with Crippen molar-refractivity contribution in [2.75, 3.05) is 7.11 Å². The van der Waals surface area contributed by atoms with Crippen LogP contribution in [0.4, 0.5) is 0 Å². The monoisotopic (exact) mass is 184 g/mol. The Morgan fingerprint density at radius 3 is 2.71 bits per heavy atom. The molecule has 2 rings (SSSR count). The molecule has 2 heteroatoms. The van der Waals surface area contributed by atoms with Gasteiger partial charge in [0.05, 0.1) is 7.11 Å². The molecule has 0 saturated carbocycles. The van der Waals surface area contributed by atoms with Crippen LogP contribution in [0.5, 0.6) is 5.88 Å². The number of methoxy groups -OCH3 is 1. The quantitative estimate of drug-likeness (QED) is 0.715. The first-order valence-electron chi connectivity index (χ1n) is 4.37. The molecule has 1 aromatic heterocycles. The average molecular weight is 184 g/mol. The molecule has 1 radical (unpaired) electrons. The summed E-state index contributed by atoms with van der Waals surface area (Å²) >= 11 is 0. The molecule has 0 aliphatic heterocycles. The Hall–Kier alpha value is -1.83. The molecule has 0 spiro atoms. The lowest BCUT2D eigenvalue weighted by atomic mass is 10.1. The number of benzene rings is 1. The van der Waals surface area contributed by atoms with Crippen molar-refractivity contribution >= 4 is 0 Å². The van der Waals surface area contributed by atoms with E-state index in [4.69, 9.17) is 4.74 Å². The highest BCUT2D eigenvalue weighted by Gasteiger charge is 1.97. The smallest absolute Gasteiger partial charge is 0.212 e. The fraction of sp³-hybridized carbons (Fsp3) is 0.0833. The molecule has 0 amide bonds. The summed E-state index contributed by atoms with van der Waals surface area (Å²) in [5, 5.41) is 0. The molecule has 0 fully saturated rings. The molecule has 1 heterocycles. The first kappa shape index (κ1) is 8.75. The van der Waals surface area contributed by atoms with Crippen molar-refractivity contribution in [3.63, 3.8) is 0 Å². The van der Waals surface area contributed by atoms with Crippen molar-refractivity contribution in [1.82, 2.24) is 4.98 Å². The Balaban J connectivity index is 2.34. The Labute approximate surface area is 83.2 Å². The molecule has 69 valence electrons. The van der Waals surface area contributed by atoms with Gasteiger partial charge in [-0.05, 0) is 17.7 Å². The molecule has 0 saturated heterocycles. The molecule has 0 bridgehead atoms. The summed E-state index contributed by atoms with van der Waals surface area (Å²) in [6.07, 6.45) is 1.78. The van der Waals surface area contributed by atoms with Crippen LogP contribution in [0.3, 0.4) is 0 Å². The highest BCUT2D eigenvalue weighted by Crippen LogP contribution is 2.18. The van der Waals surface area contributed by atoms with Gasteiger partial charge in [0.1, 0.15) is 0 Å². The maximum Gasteiger partial charge on any atom is 0.212 e. The molecule has 2 nitrogen and oxygen atoms in total. The number of hydrogen-bond acceptors (Lipinski definition) is 2. The van der Waals surface area contributed by atoms with Crippen molar-refractivity contribution < 1.29 is 4.74 Å². The Kier molecular flexibility index (Phi) is 2.45. The molecular formula is C12H10NO. The lowest BCUT2D eigenvalue weighted by molar-refractivity contribution is 0.398. The van der Waals surface area contributed by atoms with Gasteiger partial charge in [-0.2, -0.15) is 0 Å². The SMILES string of the molecule is COc1ccc(-c2[c]cccc2)cn1. The topological polar surface area (TPSA) is 22.1 Å². The van der Waals surface area contributed by atoms with E-state index in [1.807, 2.05) is 36.4 Å². The fourth-order valence-electron chi connectivity index (χ4n) is 1.23. The number of ether oxygens (including phenoxy) is 1. The lowest BCUT2D eigenvalue weighted by Crippen LogP contribution is -1.86. The zero-order chi connectivity index (χ0) is 9.80. The van der Waals surface area contributed by atoms with E-state index in [1.54, 1.807) is 13.3 Å². The van der Waals surface area contributed by atoms with E-state index in [9.17, 15) is 0 Å². The van der Waals surface area contributed by atoms with Crippen LogP contribution in [0.25, 0.3) is 11.1 Å². The molecule has 0 aliphatic carbocycles. The zero-order valence-corrected chi connectivity index (χ0v) is 7.90. The molecule has 0 aliphatic rings. The second-order valence-electron chi connectivity index (χ2n) is 2.87. The van der Waals surface area contributed by atoms with Crippen LogP contribution in [0, 0.1) is 6.07 Å². The minimum atomic E-state index is 0.629. The fourth-order valence-corrected chi connectivity index (χ4v) is 1.23. The molecule has 14 heavy (non-hydrogen) atoms. The van der Waals surface area contributed by atoms with Crippen molar-refractivity contribution in [3.05, 3.63) is 48.7 Å². The third kappa shape index (κ3) is 1.74. The van der Waals surface area contributed by atoms with Gasteiger partial charge in [-0.1, -0.05) is 24.3 Å². The third-order valence-corrected chi connectivity index (χ3v) is 1.97. The molecule has 0 unspecified atom stereocenters. The van der Waals surface area contributed by atoms with Crippen LogP contribution in [0.2, 0.25) is 0 Å². The van der Waals surface area contributed by atoms with E-state index in [-0.39, 0.29) is 0 Å². The minimum Gasteiger partial charge on any atom is -0.481 e. The van der Waals surface area contributed by atoms with Crippen LogP contribution < -0.4 is 4.74 Å². The van der Waals surface area contributed by atoms with Gasteiger partial charge < -0.3 is 4.74 Å². The van der Waals surface area contributed by atoms with Crippen molar-refractivity contribution in [1.29, 1.82) is 0 Å². The molecule has 0 N–H and O–H groups in total. The van der Waals surface area contributed by atoms with Crippen LogP contribution >= 0.6 is 0 Å². The van der Waals surface area contributed by atoms with Gasteiger partial charge in [-0.25, -0.2) is 4.98 Å². The second kappa shape index (κ2) is 3.92. The lowest BCUT2D eigenvalue weighted by Gasteiger charge is -2.01. The predicted octanol–water partition coefficient (Wildman–Crippen LogP) is 2.56. The first-order valence-corrected chi connectivity index (χ1v) is 4.37. The number of nitrogens with zero attached hydrogens (tertiary/aromatic N) is 1. The molecule has 0 atom stereocenters. The number of aromatic nitrogens is 1. The van der Waals surface area contributed by atoms with Crippen molar-refractivity contribution in [2.45, 2.75) is 0 Å². The molecule has 1 aromatic carbocycles. The summed E-state index contributed by atoms with van der Waals surface area (Å²) in [5.41, 5.74) is 2.09. The highest BCUT2D eigenvalue weighted by molar-refractivity contribution is 5.61. The summed E-state index contributed by atoms with van der Waals surface area (Å²) in [4.78, 5) is 4.13. The molecular weight excluding hydrogens is 174 g/mol. The number of rotatable bonds is 2. The summed E-state index contributed by atoms with van der Waals surface area (Å²) in [7, 11) is 1.61. The standard InChI is InChI=1S/C12H10NO/c1-14-12-8-7-11(9-13-12)10-5-3-2-4-6-10/h2-5,7-9H,1H3. The van der Waals surface area contributed by atoms with E-state index in [0.29, 0.717) is 5.88 Å². The Bertz CT molecular complexity index is 394. The Morgan fingerprint density at radius 1 is 1.21 bits per heavy atom. The highest BCUT2D eigenvalue weighted by atomic mass is 16.5. The third-order valence-electron chi connectivity index (χ3n) is 1.97. The van der Waals surface area contributed by atoms with Crippen LogP contribution in [-0.4, -0.2) is 12.1 Å². The number of hydrogen-bond donors (Lipinski definition) is 0. The predicted molar refractivity (Wildman–Crippen MR) is 55.1 cm³/mol. The van der Waals surface area contributed by atoms with Gasteiger partial charge >= 0.3 is 0 Å². The second-order valence-corrected chi connectivity index (χ2v) is 2.87. The van der Waals surface area contributed by atoms with E-state index in [1.165, 1.54) is 0 Å². The average Bonchev–Trinajstić information content (AvgIpc) is 2.30. The summed E-state index contributed by atoms with van der Waals surface area (Å²) < 4.78 is 4.98. The summed E-state index contributed by atoms with van der Waals surface area (Å²) in [6, 6.07) is 14.8. The summed E-state index contributed by atoms with van der Waals surface area (Å²) in [5.74, 6) is 0.629. The number of pyridine rings is 1.